The van der Waals surface area contributed by atoms with Crippen LogP contribution in [0, 0.1) is 4.77 Å². The van der Waals surface area contributed by atoms with E-state index in [9.17, 15) is 9.59 Å². The standard InChI is InChI=1S/C21H19ClN4O2S/c22-14-7-5-13(6-8-14)19(27)16-3-1-2-4-17(16)20(28)23-12-11-18-24-25-21(29)26(18)15-9-10-15/h1-8,15H,9-12H2,(H,23,28)(H,25,29). The first kappa shape index (κ1) is 19.5. The van der Waals surface area contributed by atoms with Crippen LogP contribution in [0.5, 0.6) is 0 Å². The van der Waals surface area contributed by atoms with Crippen LogP contribution in [0.4, 0.5) is 0 Å². The zero-order chi connectivity index (χ0) is 20.4. The van der Waals surface area contributed by atoms with Crippen molar-refractivity contribution in [1.82, 2.24) is 20.1 Å². The maximum Gasteiger partial charge on any atom is 0.252 e. The second kappa shape index (κ2) is 8.31. The van der Waals surface area contributed by atoms with E-state index >= 15 is 0 Å². The molecule has 0 radical (unpaired) electrons. The summed E-state index contributed by atoms with van der Waals surface area (Å²) < 4.78 is 2.65. The summed E-state index contributed by atoms with van der Waals surface area (Å²) in [5.74, 6) is 0.320. The van der Waals surface area contributed by atoms with Crippen molar-refractivity contribution in [2.24, 2.45) is 0 Å². The number of hydrogen-bond donors (Lipinski definition) is 2. The van der Waals surface area contributed by atoms with Gasteiger partial charge in [0.1, 0.15) is 5.82 Å². The minimum absolute atomic E-state index is 0.220. The largest absolute Gasteiger partial charge is 0.352 e. The van der Waals surface area contributed by atoms with Gasteiger partial charge in [-0.25, -0.2) is 0 Å². The van der Waals surface area contributed by atoms with E-state index in [1.807, 2.05) is 4.57 Å². The van der Waals surface area contributed by atoms with Gasteiger partial charge in [-0.15, -0.1) is 0 Å². The van der Waals surface area contributed by atoms with Crippen molar-refractivity contribution in [3.05, 3.63) is 80.8 Å². The molecule has 2 aromatic carbocycles. The maximum atomic E-state index is 12.9. The Bertz CT molecular complexity index is 1120. The van der Waals surface area contributed by atoms with Gasteiger partial charge in [-0.3, -0.25) is 14.7 Å². The number of aromatic nitrogens is 3. The molecule has 0 spiro atoms. The predicted molar refractivity (Wildman–Crippen MR) is 113 cm³/mol. The summed E-state index contributed by atoms with van der Waals surface area (Å²) >= 11 is 11.2. The number of carbonyl (C=O) groups excluding carboxylic acids is 2. The molecule has 1 amide bonds. The topological polar surface area (TPSA) is 79.8 Å². The third-order valence-electron chi connectivity index (χ3n) is 4.85. The molecule has 0 bridgehead atoms. The molecule has 0 unspecified atom stereocenters. The van der Waals surface area contributed by atoms with Gasteiger partial charge < -0.3 is 9.88 Å². The van der Waals surface area contributed by atoms with Crippen LogP contribution in [-0.2, 0) is 6.42 Å². The third kappa shape index (κ3) is 4.31. The monoisotopic (exact) mass is 426 g/mol. The Labute approximate surface area is 177 Å². The Morgan fingerprint density at radius 3 is 2.52 bits per heavy atom. The summed E-state index contributed by atoms with van der Waals surface area (Å²) in [6.45, 7) is 0.397. The number of halogens is 1. The molecule has 1 heterocycles. The molecule has 1 aromatic heterocycles. The maximum absolute atomic E-state index is 12.9. The number of carbonyl (C=O) groups is 2. The molecule has 3 aromatic rings. The highest BCUT2D eigenvalue weighted by Gasteiger charge is 2.27. The second-order valence-corrected chi connectivity index (χ2v) is 7.76. The Balaban J connectivity index is 1.46. The fourth-order valence-electron chi connectivity index (χ4n) is 3.24. The zero-order valence-electron chi connectivity index (χ0n) is 15.5. The molecule has 0 atom stereocenters. The highest BCUT2D eigenvalue weighted by atomic mass is 35.5. The van der Waals surface area contributed by atoms with Gasteiger partial charge in [0, 0.05) is 35.2 Å². The van der Waals surface area contributed by atoms with Gasteiger partial charge in [-0.1, -0.05) is 29.8 Å². The van der Waals surface area contributed by atoms with E-state index in [4.69, 9.17) is 23.8 Å². The first-order valence-electron chi connectivity index (χ1n) is 9.38. The molecule has 4 rings (SSSR count). The summed E-state index contributed by atoms with van der Waals surface area (Å²) in [5, 5.41) is 10.5. The van der Waals surface area contributed by atoms with Crippen LogP contribution in [0.1, 0.15) is 51.0 Å². The van der Waals surface area contributed by atoms with Crippen molar-refractivity contribution >= 4 is 35.5 Å². The Hall–Kier alpha value is -2.77. The lowest BCUT2D eigenvalue weighted by molar-refractivity contribution is 0.0942. The molecule has 1 aliphatic carbocycles. The van der Waals surface area contributed by atoms with E-state index in [0.29, 0.717) is 45.5 Å². The van der Waals surface area contributed by atoms with Crippen molar-refractivity contribution < 1.29 is 9.59 Å². The molecule has 8 heteroatoms. The van der Waals surface area contributed by atoms with Crippen LogP contribution >= 0.6 is 23.8 Å². The third-order valence-corrected chi connectivity index (χ3v) is 5.39. The summed E-state index contributed by atoms with van der Waals surface area (Å²) in [5.41, 5.74) is 1.18. The fraction of sp³-hybridized carbons (Fsp3) is 0.238. The average Bonchev–Trinajstić information content (AvgIpc) is 3.50. The normalized spacial score (nSPS) is 13.3. The van der Waals surface area contributed by atoms with Gasteiger partial charge in [0.25, 0.3) is 5.91 Å². The zero-order valence-corrected chi connectivity index (χ0v) is 17.1. The lowest BCUT2D eigenvalue weighted by Crippen LogP contribution is -2.28. The summed E-state index contributed by atoms with van der Waals surface area (Å²) in [7, 11) is 0. The lowest BCUT2D eigenvalue weighted by Gasteiger charge is -2.10. The van der Waals surface area contributed by atoms with Crippen LogP contribution in [0.15, 0.2) is 48.5 Å². The van der Waals surface area contributed by atoms with E-state index in [2.05, 4.69) is 15.5 Å². The number of nitrogens with zero attached hydrogens (tertiary/aromatic N) is 2. The van der Waals surface area contributed by atoms with E-state index in [1.165, 1.54) is 0 Å². The number of amides is 1. The van der Waals surface area contributed by atoms with Gasteiger partial charge in [0.15, 0.2) is 10.6 Å². The van der Waals surface area contributed by atoms with E-state index in [0.717, 1.165) is 18.7 Å². The molecule has 1 saturated carbocycles. The van der Waals surface area contributed by atoms with Crippen molar-refractivity contribution in [3.8, 4) is 0 Å². The number of rotatable bonds is 7. The number of aromatic amines is 1. The van der Waals surface area contributed by atoms with Crippen LogP contribution in [0.3, 0.4) is 0 Å². The quantitative estimate of drug-likeness (QED) is 0.439. The second-order valence-electron chi connectivity index (χ2n) is 6.93. The van der Waals surface area contributed by atoms with Gasteiger partial charge in [-0.2, -0.15) is 5.10 Å². The minimum Gasteiger partial charge on any atom is -0.352 e. The molecule has 29 heavy (non-hydrogen) atoms. The van der Waals surface area contributed by atoms with Gasteiger partial charge >= 0.3 is 0 Å². The Morgan fingerprint density at radius 1 is 1.14 bits per heavy atom. The summed E-state index contributed by atoms with van der Waals surface area (Å²) in [6.07, 6.45) is 2.77. The van der Waals surface area contributed by atoms with Crippen molar-refractivity contribution in [2.45, 2.75) is 25.3 Å². The molecule has 6 nitrogen and oxygen atoms in total. The Kier molecular flexibility index (Phi) is 5.60. The van der Waals surface area contributed by atoms with Crippen molar-refractivity contribution in [2.75, 3.05) is 6.54 Å². The van der Waals surface area contributed by atoms with E-state index in [-0.39, 0.29) is 11.7 Å². The number of hydrogen-bond acceptors (Lipinski definition) is 4. The predicted octanol–water partition coefficient (Wildman–Crippen LogP) is 4.13. The number of nitrogens with one attached hydrogen (secondary N) is 2. The molecule has 1 aliphatic rings. The highest BCUT2D eigenvalue weighted by Crippen LogP contribution is 2.35. The summed E-state index contributed by atoms with van der Waals surface area (Å²) in [6, 6.07) is 13.8. The molecule has 0 saturated heterocycles. The van der Waals surface area contributed by atoms with Gasteiger partial charge in [-0.05, 0) is 55.4 Å². The lowest BCUT2D eigenvalue weighted by atomic mass is 9.98. The molecule has 0 aliphatic heterocycles. The van der Waals surface area contributed by atoms with E-state index in [1.54, 1.807) is 48.5 Å². The number of ketones is 1. The smallest absolute Gasteiger partial charge is 0.252 e. The SMILES string of the molecule is O=C(NCCc1n[nH]c(=S)n1C1CC1)c1ccccc1C(=O)c1ccc(Cl)cc1. The molecular formula is C21H19ClN4O2S. The number of benzene rings is 2. The van der Waals surface area contributed by atoms with Crippen LogP contribution in [-0.4, -0.2) is 33.0 Å². The molecule has 1 fully saturated rings. The van der Waals surface area contributed by atoms with Crippen molar-refractivity contribution in [3.63, 3.8) is 0 Å². The molecule has 148 valence electrons. The molecule has 2 N–H and O–H groups in total. The summed E-state index contributed by atoms with van der Waals surface area (Å²) in [4.78, 5) is 25.6. The van der Waals surface area contributed by atoms with Crippen LogP contribution in [0.25, 0.3) is 0 Å². The van der Waals surface area contributed by atoms with E-state index < -0.39 is 0 Å². The number of H-pyrrole nitrogens is 1. The van der Waals surface area contributed by atoms with Crippen molar-refractivity contribution in [1.29, 1.82) is 0 Å². The highest BCUT2D eigenvalue weighted by molar-refractivity contribution is 7.71. The van der Waals surface area contributed by atoms with Gasteiger partial charge in [0.05, 0.1) is 5.56 Å². The van der Waals surface area contributed by atoms with Crippen LogP contribution < -0.4 is 5.32 Å². The minimum atomic E-state index is -0.296. The van der Waals surface area contributed by atoms with Gasteiger partial charge in [0.2, 0.25) is 0 Å². The van der Waals surface area contributed by atoms with Crippen LogP contribution in [0.2, 0.25) is 5.02 Å². The fourth-order valence-corrected chi connectivity index (χ4v) is 3.67. The first-order valence-corrected chi connectivity index (χ1v) is 10.2. The first-order chi connectivity index (χ1) is 14.0. The Morgan fingerprint density at radius 2 is 1.83 bits per heavy atom. The average molecular weight is 427 g/mol. The molecular weight excluding hydrogens is 408 g/mol.